The molecule has 0 aromatic heterocycles. The van der Waals surface area contributed by atoms with E-state index in [0.717, 1.165) is 36.8 Å². The minimum absolute atomic E-state index is 0.186. The van der Waals surface area contributed by atoms with Crippen LogP contribution in [0, 0.1) is 0 Å². The Morgan fingerprint density at radius 1 is 0.900 bits per heavy atom. The van der Waals surface area contributed by atoms with Crippen molar-refractivity contribution in [3.63, 3.8) is 0 Å². The zero-order valence-electron chi connectivity index (χ0n) is 11.8. The molecule has 0 amide bonds. The van der Waals surface area contributed by atoms with Gasteiger partial charge in [-0.05, 0) is 36.8 Å². The normalized spacial score (nSPS) is 23.1. The zero-order chi connectivity index (χ0) is 14.3. The first-order chi connectivity index (χ1) is 9.56. The summed E-state index contributed by atoms with van der Waals surface area (Å²) in [6, 6.07) is 4.24. The number of ether oxygens (including phenoxy) is 2. The van der Waals surface area contributed by atoms with Crippen molar-refractivity contribution in [3.8, 4) is 0 Å². The molecule has 0 bridgehead atoms. The Labute approximate surface area is 118 Å². The van der Waals surface area contributed by atoms with E-state index in [1.54, 1.807) is 0 Å². The largest absolute Gasteiger partial charge is 0.458 e. The van der Waals surface area contributed by atoms with Gasteiger partial charge < -0.3 is 9.47 Å². The molecule has 4 nitrogen and oxygen atoms in total. The van der Waals surface area contributed by atoms with E-state index < -0.39 is 0 Å². The molecule has 0 saturated carbocycles. The molecule has 2 aliphatic carbocycles. The van der Waals surface area contributed by atoms with E-state index in [1.165, 1.54) is 25.0 Å². The van der Waals surface area contributed by atoms with Gasteiger partial charge in [-0.3, -0.25) is 9.59 Å². The second-order valence-corrected chi connectivity index (χ2v) is 5.48. The Morgan fingerprint density at radius 2 is 1.30 bits per heavy atom. The van der Waals surface area contributed by atoms with Gasteiger partial charge >= 0.3 is 11.9 Å². The fourth-order valence-electron chi connectivity index (χ4n) is 3.42. The van der Waals surface area contributed by atoms with Crippen molar-refractivity contribution in [2.75, 3.05) is 0 Å². The fourth-order valence-corrected chi connectivity index (χ4v) is 3.42. The molecule has 0 spiro atoms. The summed E-state index contributed by atoms with van der Waals surface area (Å²) in [7, 11) is 0. The molecule has 4 heteroatoms. The maximum atomic E-state index is 11.3. The topological polar surface area (TPSA) is 52.6 Å². The molecule has 0 radical (unpaired) electrons. The van der Waals surface area contributed by atoms with Crippen molar-refractivity contribution in [2.45, 2.75) is 51.7 Å². The molecule has 1 aromatic rings. The van der Waals surface area contributed by atoms with Gasteiger partial charge in [-0.2, -0.15) is 0 Å². The van der Waals surface area contributed by atoms with Gasteiger partial charge in [0, 0.05) is 25.0 Å². The Hall–Kier alpha value is -1.84. The number of esters is 2. The van der Waals surface area contributed by atoms with Crippen LogP contribution in [0.4, 0.5) is 0 Å². The maximum absolute atomic E-state index is 11.3. The van der Waals surface area contributed by atoms with Crippen molar-refractivity contribution >= 4 is 11.9 Å². The van der Waals surface area contributed by atoms with Crippen molar-refractivity contribution in [3.05, 3.63) is 34.4 Å². The Kier molecular flexibility index (Phi) is 3.24. The molecule has 0 aliphatic heterocycles. The summed E-state index contributed by atoms with van der Waals surface area (Å²) >= 11 is 0. The van der Waals surface area contributed by atoms with E-state index in [1.807, 2.05) is 0 Å². The van der Waals surface area contributed by atoms with E-state index in [4.69, 9.17) is 9.47 Å². The fraction of sp³-hybridized carbons (Fsp3) is 0.500. The van der Waals surface area contributed by atoms with E-state index in [9.17, 15) is 9.59 Å². The van der Waals surface area contributed by atoms with Gasteiger partial charge in [0.1, 0.15) is 12.2 Å². The number of benzene rings is 1. The molecule has 0 saturated heterocycles. The molecule has 2 unspecified atom stereocenters. The highest BCUT2D eigenvalue weighted by molar-refractivity contribution is 5.68. The number of fused-ring (bicyclic) bond motifs is 3. The van der Waals surface area contributed by atoms with E-state index >= 15 is 0 Å². The van der Waals surface area contributed by atoms with Crippen molar-refractivity contribution in [1.29, 1.82) is 0 Å². The van der Waals surface area contributed by atoms with Crippen LogP contribution in [0.25, 0.3) is 0 Å². The average Bonchev–Trinajstić information content (AvgIpc) is 2.93. The van der Waals surface area contributed by atoms with Gasteiger partial charge in [0.15, 0.2) is 0 Å². The van der Waals surface area contributed by atoms with E-state index in [2.05, 4.69) is 12.1 Å². The number of carbonyl (C=O) groups excluding carboxylic acids is 2. The van der Waals surface area contributed by atoms with Crippen molar-refractivity contribution < 1.29 is 19.1 Å². The monoisotopic (exact) mass is 274 g/mol. The van der Waals surface area contributed by atoms with Gasteiger partial charge in [0.05, 0.1) is 0 Å². The second kappa shape index (κ2) is 4.93. The lowest BCUT2D eigenvalue weighted by Gasteiger charge is -2.20. The third kappa shape index (κ3) is 2.19. The van der Waals surface area contributed by atoms with Crippen LogP contribution in [-0.4, -0.2) is 11.9 Å². The van der Waals surface area contributed by atoms with Crippen molar-refractivity contribution in [2.24, 2.45) is 0 Å². The molecule has 20 heavy (non-hydrogen) atoms. The third-order valence-electron chi connectivity index (χ3n) is 4.08. The minimum Gasteiger partial charge on any atom is -0.458 e. The van der Waals surface area contributed by atoms with Crippen LogP contribution in [0.15, 0.2) is 12.1 Å². The van der Waals surface area contributed by atoms with Crippen LogP contribution in [0.2, 0.25) is 0 Å². The predicted molar refractivity (Wildman–Crippen MR) is 72.1 cm³/mol. The van der Waals surface area contributed by atoms with Gasteiger partial charge in [-0.1, -0.05) is 12.1 Å². The highest BCUT2D eigenvalue weighted by Crippen LogP contribution is 2.45. The molecular weight excluding hydrogens is 256 g/mol. The van der Waals surface area contributed by atoms with E-state index in [0.29, 0.717) is 0 Å². The molecule has 2 aliphatic rings. The SMILES string of the molecule is CC(=O)OC1CCc2ccc3c(c21)C(OC(C)=O)CC3. The van der Waals surface area contributed by atoms with Gasteiger partial charge in [0.25, 0.3) is 0 Å². The molecule has 1 aromatic carbocycles. The number of carbonyl (C=O) groups is 2. The smallest absolute Gasteiger partial charge is 0.303 e. The Bertz CT molecular complexity index is 525. The third-order valence-corrected chi connectivity index (χ3v) is 4.08. The molecular formula is C16H18O4. The average molecular weight is 274 g/mol. The Balaban J connectivity index is 2.01. The van der Waals surface area contributed by atoms with Crippen LogP contribution >= 0.6 is 0 Å². The molecule has 106 valence electrons. The van der Waals surface area contributed by atoms with Crippen LogP contribution in [0.3, 0.4) is 0 Å². The summed E-state index contributed by atoms with van der Waals surface area (Å²) in [5.41, 5.74) is 4.60. The first-order valence-corrected chi connectivity index (χ1v) is 7.05. The predicted octanol–water partition coefficient (Wildman–Crippen LogP) is 2.79. The molecule has 0 N–H and O–H groups in total. The number of hydrogen-bond donors (Lipinski definition) is 0. The lowest BCUT2D eigenvalue weighted by molar-refractivity contribution is -0.148. The molecule has 2 atom stereocenters. The molecule has 0 heterocycles. The quantitative estimate of drug-likeness (QED) is 0.778. The van der Waals surface area contributed by atoms with Gasteiger partial charge in [-0.25, -0.2) is 0 Å². The van der Waals surface area contributed by atoms with E-state index in [-0.39, 0.29) is 24.1 Å². The molecule has 3 rings (SSSR count). The summed E-state index contributed by atoms with van der Waals surface area (Å²) in [6.45, 7) is 2.87. The second-order valence-electron chi connectivity index (χ2n) is 5.48. The lowest BCUT2D eigenvalue weighted by atomic mass is 9.97. The van der Waals surface area contributed by atoms with Crippen LogP contribution in [0.1, 0.15) is 61.2 Å². The number of hydrogen-bond acceptors (Lipinski definition) is 4. The summed E-state index contributed by atoms with van der Waals surface area (Å²) in [4.78, 5) is 22.5. The van der Waals surface area contributed by atoms with Gasteiger partial charge in [0.2, 0.25) is 0 Å². The minimum atomic E-state index is -0.262. The standard InChI is InChI=1S/C16H18O4/c1-9(17)19-13-7-5-11-3-4-12-6-8-14(20-10(2)18)16(12)15(11)13/h3-4,13-14H,5-8H2,1-2H3. The number of aryl methyl sites for hydroxylation is 2. The first-order valence-electron chi connectivity index (χ1n) is 7.05. The van der Waals surface area contributed by atoms with Crippen LogP contribution in [0.5, 0.6) is 0 Å². The van der Waals surface area contributed by atoms with Crippen molar-refractivity contribution in [1.82, 2.24) is 0 Å². The zero-order valence-corrected chi connectivity index (χ0v) is 11.8. The van der Waals surface area contributed by atoms with Crippen LogP contribution in [-0.2, 0) is 31.9 Å². The van der Waals surface area contributed by atoms with Gasteiger partial charge in [-0.15, -0.1) is 0 Å². The highest BCUT2D eigenvalue weighted by Gasteiger charge is 2.36. The molecule has 0 fully saturated rings. The lowest BCUT2D eigenvalue weighted by Crippen LogP contribution is -2.12. The maximum Gasteiger partial charge on any atom is 0.303 e. The first kappa shape index (κ1) is 13.2. The number of rotatable bonds is 2. The summed E-state index contributed by atoms with van der Waals surface area (Å²) in [5.74, 6) is -0.523. The summed E-state index contributed by atoms with van der Waals surface area (Å²) in [6.07, 6.45) is 3.08. The van der Waals surface area contributed by atoms with Crippen LogP contribution < -0.4 is 0 Å². The summed E-state index contributed by atoms with van der Waals surface area (Å²) < 4.78 is 10.9. The summed E-state index contributed by atoms with van der Waals surface area (Å²) in [5, 5.41) is 0. The Morgan fingerprint density at radius 3 is 1.65 bits per heavy atom. The highest BCUT2D eigenvalue weighted by atomic mass is 16.5.